The van der Waals surface area contributed by atoms with Crippen LogP contribution in [0.3, 0.4) is 0 Å². The first kappa shape index (κ1) is 21.9. The summed E-state index contributed by atoms with van der Waals surface area (Å²) in [6.07, 6.45) is 1.29. The van der Waals surface area contributed by atoms with Crippen molar-refractivity contribution in [2.45, 2.75) is 12.8 Å². The Kier molecular flexibility index (Phi) is 7.18. The van der Waals surface area contributed by atoms with Gasteiger partial charge in [-0.3, -0.25) is 0 Å². The highest BCUT2D eigenvalue weighted by Crippen LogP contribution is 2.17. The fourth-order valence-electron chi connectivity index (χ4n) is 3.44. The monoisotopic (exact) mass is 406 g/mol. The lowest BCUT2D eigenvalue weighted by Crippen LogP contribution is -2.31. The summed E-state index contributed by atoms with van der Waals surface area (Å²) in [5.41, 5.74) is 4.75. The summed E-state index contributed by atoms with van der Waals surface area (Å²) in [7, 11) is -0.192. The molecule has 0 aliphatic heterocycles. The lowest BCUT2D eigenvalue weighted by Gasteiger charge is -2.11. The van der Waals surface area contributed by atoms with Gasteiger partial charge in [0.1, 0.15) is 11.5 Å². The highest BCUT2D eigenvalue weighted by Gasteiger charge is 2.18. The summed E-state index contributed by atoms with van der Waals surface area (Å²) in [6, 6.07) is 18.8. The van der Waals surface area contributed by atoms with Gasteiger partial charge in [0.05, 0.1) is 14.2 Å². The Hall–Kier alpha value is -2.77. The number of hydrogen-bond donors (Lipinski definition) is 4. The molecule has 6 nitrogen and oxygen atoms in total. The van der Waals surface area contributed by atoms with Gasteiger partial charge in [-0.2, -0.15) is 0 Å². The van der Waals surface area contributed by atoms with E-state index in [9.17, 15) is 20.1 Å². The number of benzene rings is 3. The molecular formula is C22H24B2O6. The van der Waals surface area contributed by atoms with E-state index in [0.717, 1.165) is 22.3 Å². The van der Waals surface area contributed by atoms with Crippen LogP contribution in [0.5, 0.6) is 11.5 Å². The van der Waals surface area contributed by atoms with Crippen molar-refractivity contribution in [2.24, 2.45) is 0 Å². The molecule has 0 spiro atoms. The zero-order valence-corrected chi connectivity index (χ0v) is 16.9. The molecule has 3 aromatic carbocycles. The Labute approximate surface area is 176 Å². The zero-order valence-electron chi connectivity index (χ0n) is 16.9. The second-order valence-corrected chi connectivity index (χ2v) is 7.07. The number of rotatable bonds is 8. The molecule has 0 bridgehead atoms. The highest BCUT2D eigenvalue weighted by molar-refractivity contribution is 6.60. The van der Waals surface area contributed by atoms with E-state index in [4.69, 9.17) is 9.47 Å². The van der Waals surface area contributed by atoms with Crippen molar-refractivity contribution in [1.29, 1.82) is 0 Å². The van der Waals surface area contributed by atoms with Gasteiger partial charge in [0, 0.05) is 10.9 Å². The van der Waals surface area contributed by atoms with Gasteiger partial charge in [-0.05, 0) is 47.2 Å². The Morgan fingerprint density at radius 2 is 0.900 bits per heavy atom. The van der Waals surface area contributed by atoms with Crippen molar-refractivity contribution in [1.82, 2.24) is 0 Å². The van der Waals surface area contributed by atoms with Crippen LogP contribution >= 0.6 is 0 Å². The number of methoxy groups -OCH3 is 2. The van der Waals surface area contributed by atoms with Gasteiger partial charge in [-0.25, -0.2) is 0 Å². The molecule has 30 heavy (non-hydrogen) atoms. The minimum Gasteiger partial charge on any atom is -0.497 e. The lowest BCUT2D eigenvalue weighted by atomic mass is 9.78. The van der Waals surface area contributed by atoms with E-state index >= 15 is 0 Å². The Balaban J connectivity index is 1.73. The molecule has 0 heterocycles. The molecule has 0 saturated carbocycles. The third kappa shape index (κ3) is 5.23. The molecule has 8 heteroatoms. The quantitative estimate of drug-likeness (QED) is 0.401. The standard InChI is InChI=1S/C22H24B2O6/c1-29-21-9-7-17(13-19(21)23(25)26)11-15-3-5-16(6-4-15)12-18-8-10-22(30-2)20(14-18)24(27)28/h3-10,13-14,25-28H,11-12H2,1-2H3. The predicted octanol–water partition coefficient (Wildman–Crippen LogP) is 0.245. The van der Waals surface area contributed by atoms with Gasteiger partial charge in [-0.1, -0.05) is 48.5 Å². The van der Waals surface area contributed by atoms with Crippen molar-refractivity contribution in [3.05, 3.63) is 82.9 Å². The molecule has 3 rings (SSSR count). The first-order valence-electron chi connectivity index (χ1n) is 9.55. The molecule has 0 amide bonds. The second kappa shape index (κ2) is 9.82. The van der Waals surface area contributed by atoms with Gasteiger partial charge < -0.3 is 29.6 Å². The average molecular weight is 406 g/mol. The van der Waals surface area contributed by atoms with Crippen LogP contribution in [0.1, 0.15) is 22.3 Å². The minimum atomic E-state index is -1.59. The third-order valence-corrected chi connectivity index (χ3v) is 4.98. The van der Waals surface area contributed by atoms with Crippen molar-refractivity contribution < 1.29 is 29.6 Å². The fourth-order valence-corrected chi connectivity index (χ4v) is 3.44. The normalized spacial score (nSPS) is 10.6. The van der Waals surface area contributed by atoms with E-state index in [1.54, 1.807) is 24.3 Å². The van der Waals surface area contributed by atoms with Crippen LogP contribution in [0.4, 0.5) is 0 Å². The van der Waals surface area contributed by atoms with E-state index in [0.29, 0.717) is 35.3 Å². The summed E-state index contributed by atoms with van der Waals surface area (Å²) in [6.45, 7) is 0. The predicted molar refractivity (Wildman–Crippen MR) is 118 cm³/mol. The van der Waals surface area contributed by atoms with Gasteiger partial charge in [0.2, 0.25) is 0 Å². The van der Waals surface area contributed by atoms with Gasteiger partial charge in [-0.15, -0.1) is 0 Å². The van der Waals surface area contributed by atoms with Crippen LogP contribution in [0.25, 0.3) is 0 Å². The molecule has 0 atom stereocenters. The van der Waals surface area contributed by atoms with Crippen LogP contribution in [-0.4, -0.2) is 48.6 Å². The van der Waals surface area contributed by atoms with E-state index in [1.165, 1.54) is 14.2 Å². The maximum absolute atomic E-state index is 9.53. The van der Waals surface area contributed by atoms with Crippen LogP contribution in [0.2, 0.25) is 0 Å². The molecule has 0 aliphatic rings. The maximum atomic E-state index is 9.53. The summed E-state index contributed by atoms with van der Waals surface area (Å²) in [5.74, 6) is 0.881. The molecule has 0 saturated heterocycles. The average Bonchev–Trinajstić information content (AvgIpc) is 2.75. The summed E-state index contributed by atoms with van der Waals surface area (Å²) in [4.78, 5) is 0. The summed E-state index contributed by atoms with van der Waals surface area (Å²) >= 11 is 0. The van der Waals surface area contributed by atoms with Crippen molar-refractivity contribution in [3.8, 4) is 11.5 Å². The molecule has 0 radical (unpaired) electrons. The van der Waals surface area contributed by atoms with Crippen LogP contribution < -0.4 is 20.4 Å². The highest BCUT2D eigenvalue weighted by atomic mass is 16.5. The maximum Gasteiger partial charge on any atom is 0.492 e. The van der Waals surface area contributed by atoms with Crippen LogP contribution in [0, 0.1) is 0 Å². The van der Waals surface area contributed by atoms with E-state index in [2.05, 4.69) is 0 Å². The molecular weight excluding hydrogens is 382 g/mol. The largest absolute Gasteiger partial charge is 0.497 e. The summed E-state index contributed by atoms with van der Waals surface area (Å²) < 4.78 is 10.3. The Morgan fingerprint density at radius 3 is 1.20 bits per heavy atom. The number of ether oxygens (including phenoxy) is 2. The van der Waals surface area contributed by atoms with Gasteiger partial charge >= 0.3 is 14.2 Å². The molecule has 0 aromatic heterocycles. The minimum absolute atomic E-state index is 0.341. The molecule has 154 valence electrons. The van der Waals surface area contributed by atoms with E-state index in [-0.39, 0.29) is 0 Å². The summed E-state index contributed by atoms with van der Waals surface area (Å²) in [5, 5.41) is 38.1. The molecule has 4 N–H and O–H groups in total. The van der Waals surface area contributed by atoms with Crippen LogP contribution in [0.15, 0.2) is 60.7 Å². The van der Waals surface area contributed by atoms with Crippen molar-refractivity contribution in [2.75, 3.05) is 14.2 Å². The third-order valence-electron chi connectivity index (χ3n) is 4.98. The number of hydrogen-bond acceptors (Lipinski definition) is 6. The molecule has 0 aliphatic carbocycles. The fraction of sp³-hybridized carbons (Fsp3) is 0.182. The van der Waals surface area contributed by atoms with Crippen molar-refractivity contribution in [3.63, 3.8) is 0 Å². The zero-order chi connectivity index (χ0) is 21.7. The molecule has 0 fully saturated rings. The van der Waals surface area contributed by atoms with Gasteiger partial charge in [0.25, 0.3) is 0 Å². The lowest BCUT2D eigenvalue weighted by molar-refractivity contribution is 0.402. The Morgan fingerprint density at radius 1 is 0.567 bits per heavy atom. The Bertz CT molecular complexity index is 909. The van der Waals surface area contributed by atoms with Crippen LogP contribution in [-0.2, 0) is 12.8 Å². The van der Waals surface area contributed by atoms with Gasteiger partial charge in [0.15, 0.2) is 0 Å². The van der Waals surface area contributed by atoms with E-state index < -0.39 is 14.2 Å². The SMILES string of the molecule is COc1ccc(Cc2ccc(Cc3ccc(OC)c(B(O)O)c3)cc2)cc1B(O)O. The molecule has 3 aromatic rings. The topological polar surface area (TPSA) is 99.4 Å². The first-order valence-corrected chi connectivity index (χ1v) is 9.55. The first-order chi connectivity index (χ1) is 14.4. The molecule has 0 unspecified atom stereocenters. The second-order valence-electron chi connectivity index (χ2n) is 7.07. The van der Waals surface area contributed by atoms with E-state index in [1.807, 2.05) is 36.4 Å². The smallest absolute Gasteiger partial charge is 0.492 e. The van der Waals surface area contributed by atoms with Crippen molar-refractivity contribution >= 4 is 25.2 Å².